The van der Waals surface area contributed by atoms with Crippen molar-refractivity contribution in [3.05, 3.63) is 33.1 Å². The van der Waals surface area contributed by atoms with E-state index in [9.17, 15) is 14.7 Å². The number of rotatable bonds is 11. The molecule has 0 bridgehead atoms. The summed E-state index contributed by atoms with van der Waals surface area (Å²) in [5, 5.41) is 16.4. The second kappa shape index (κ2) is 9.73. The second-order valence-electron chi connectivity index (χ2n) is 9.63. The average Bonchev–Trinajstić information content (AvgIpc) is 3.26. The first-order valence-corrected chi connectivity index (χ1v) is 12.6. The number of ether oxygens (including phenoxy) is 1. The van der Waals surface area contributed by atoms with Crippen molar-refractivity contribution in [1.29, 1.82) is 0 Å². The predicted molar refractivity (Wildman–Crippen MR) is 120 cm³/mol. The van der Waals surface area contributed by atoms with Crippen LogP contribution in [0.25, 0.3) is 0 Å². The van der Waals surface area contributed by atoms with Crippen molar-refractivity contribution >= 4 is 23.3 Å². The molecule has 32 heavy (non-hydrogen) atoms. The number of carbonyl (C=O) groups is 2. The van der Waals surface area contributed by atoms with E-state index in [0.717, 1.165) is 48.6 Å². The van der Waals surface area contributed by atoms with E-state index < -0.39 is 11.9 Å². The van der Waals surface area contributed by atoms with Gasteiger partial charge in [0.25, 0.3) is 0 Å². The van der Waals surface area contributed by atoms with E-state index >= 15 is 0 Å². The Hall–Kier alpha value is -2.22. The number of carboxylic acids is 1. The van der Waals surface area contributed by atoms with Gasteiger partial charge in [-0.3, -0.25) is 4.79 Å². The highest BCUT2D eigenvalue weighted by atomic mass is 32.1. The van der Waals surface area contributed by atoms with Gasteiger partial charge in [-0.15, -0.1) is 11.3 Å². The van der Waals surface area contributed by atoms with E-state index in [2.05, 4.69) is 24.0 Å². The van der Waals surface area contributed by atoms with Crippen LogP contribution in [0.2, 0.25) is 0 Å². The van der Waals surface area contributed by atoms with E-state index in [1.165, 1.54) is 17.8 Å². The van der Waals surface area contributed by atoms with Gasteiger partial charge in [-0.25, -0.2) is 9.78 Å². The normalized spacial score (nSPS) is 21.4. The topological polar surface area (TPSA) is 103 Å². The molecule has 7 nitrogen and oxygen atoms in total. The van der Waals surface area contributed by atoms with Gasteiger partial charge in [-0.2, -0.15) is 0 Å². The Morgan fingerprint density at radius 2 is 2.03 bits per heavy atom. The minimum absolute atomic E-state index is 0.0410. The van der Waals surface area contributed by atoms with E-state index in [0.29, 0.717) is 35.8 Å². The predicted octanol–water partition coefficient (Wildman–Crippen LogP) is 5.53. The van der Waals surface area contributed by atoms with Crippen molar-refractivity contribution in [3.63, 3.8) is 0 Å². The highest BCUT2D eigenvalue weighted by molar-refractivity contribution is 7.09. The highest BCUT2D eigenvalue weighted by Gasteiger charge is 2.41. The van der Waals surface area contributed by atoms with Crippen molar-refractivity contribution in [2.24, 2.45) is 11.8 Å². The van der Waals surface area contributed by atoms with Gasteiger partial charge in [0.05, 0.1) is 23.7 Å². The monoisotopic (exact) mass is 460 g/mol. The average molecular weight is 461 g/mol. The molecule has 0 spiro atoms. The van der Waals surface area contributed by atoms with Gasteiger partial charge in [-0.05, 0) is 56.8 Å². The lowest BCUT2D eigenvalue weighted by molar-refractivity contribution is -0.137. The van der Waals surface area contributed by atoms with Crippen LogP contribution in [0.5, 0.6) is 0 Å². The summed E-state index contributed by atoms with van der Waals surface area (Å²) in [5.74, 6) is 1.61. The minimum atomic E-state index is -0.871. The maximum atomic E-state index is 12.0. The molecule has 2 aliphatic carbocycles. The van der Waals surface area contributed by atoms with E-state index in [1.54, 1.807) is 12.3 Å². The molecule has 0 aromatic carbocycles. The van der Waals surface area contributed by atoms with Crippen LogP contribution in [-0.2, 0) is 16.0 Å². The number of nitrogens with zero attached hydrogens (tertiary/aromatic N) is 2. The van der Waals surface area contributed by atoms with Crippen molar-refractivity contribution in [1.82, 2.24) is 10.1 Å². The van der Waals surface area contributed by atoms with Crippen LogP contribution in [-0.4, -0.2) is 33.8 Å². The molecule has 1 unspecified atom stereocenters. The summed E-state index contributed by atoms with van der Waals surface area (Å²) in [6.45, 7) is 6.57. The standard InChI is InChI=1S/C24H32N2O5S/c1-4-30-24(29)18-12-32-19(25-18)10-16(11-20(27)28)22-21(15-5-6-15)23(31-26-22)17-8-14(9-17)7-13(2)3/h12-17H,4-11H2,1-3H3,(H,27,28). The van der Waals surface area contributed by atoms with Crippen LogP contribution < -0.4 is 0 Å². The third-order valence-corrected chi connectivity index (χ3v) is 7.32. The molecule has 0 amide bonds. The molecule has 2 heterocycles. The lowest BCUT2D eigenvalue weighted by atomic mass is 9.69. The number of hydrogen-bond acceptors (Lipinski definition) is 7. The van der Waals surface area contributed by atoms with Gasteiger partial charge in [0.1, 0.15) is 5.76 Å². The maximum Gasteiger partial charge on any atom is 0.357 e. The zero-order chi connectivity index (χ0) is 22.8. The summed E-state index contributed by atoms with van der Waals surface area (Å²) in [5.41, 5.74) is 2.21. The number of hydrogen-bond donors (Lipinski definition) is 1. The number of thiazole rings is 1. The lowest BCUT2D eigenvalue weighted by Crippen LogP contribution is -2.23. The van der Waals surface area contributed by atoms with Crippen LogP contribution in [0.1, 0.15) is 110 Å². The van der Waals surface area contributed by atoms with E-state index in [4.69, 9.17) is 9.26 Å². The number of aliphatic carboxylic acids is 1. The van der Waals surface area contributed by atoms with E-state index in [-0.39, 0.29) is 18.0 Å². The number of carboxylic acid groups (broad SMARTS) is 1. The van der Waals surface area contributed by atoms with Crippen LogP contribution in [0.3, 0.4) is 0 Å². The molecule has 4 rings (SSSR count). The summed E-state index contributed by atoms with van der Waals surface area (Å²) in [7, 11) is 0. The molecule has 2 aliphatic rings. The minimum Gasteiger partial charge on any atom is -0.481 e. The Kier molecular flexibility index (Phi) is 6.98. The summed E-state index contributed by atoms with van der Waals surface area (Å²) in [4.78, 5) is 28.0. The van der Waals surface area contributed by atoms with Crippen molar-refractivity contribution in [2.45, 2.75) is 83.5 Å². The summed E-state index contributed by atoms with van der Waals surface area (Å²) >= 11 is 1.36. The van der Waals surface area contributed by atoms with Crippen LogP contribution >= 0.6 is 11.3 Å². The first-order chi connectivity index (χ1) is 15.4. The zero-order valence-corrected chi connectivity index (χ0v) is 19.8. The molecule has 174 valence electrons. The largest absolute Gasteiger partial charge is 0.481 e. The van der Waals surface area contributed by atoms with Gasteiger partial charge in [-0.1, -0.05) is 19.0 Å². The Morgan fingerprint density at radius 1 is 1.28 bits per heavy atom. The van der Waals surface area contributed by atoms with Gasteiger partial charge < -0.3 is 14.4 Å². The van der Waals surface area contributed by atoms with Crippen LogP contribution in [0.4, 0.5) is 0 Å². The second-order valence-corrected chi connectivity index (χ2v) is 10.6. The smallest absolute Gasteiger partial charge is 0.357 e. The number of aromatic nitrogens is 2. The quantitative estimate of drug-likeness (QED) is 0.440. The first kappa shape index (κ1) is 23.0. The summed E-state index contributed by atoms with van der Waals surface area (Å²) < 4.78 is 10.9. The third-order valence-electron chi connectivity index (χ3n) is 6.45. The molecule has 0 radical (unpaired) electrons. The van der Waals surface area contributed by atoms with Gasteiger partial charge in [0.15, 0.2) is 5.69 Å². The molecule has 1 atom stereocenters. The molecular formula is C24H32N2O5S. The molecule has 0 aliphatic heterocycles. The summed E-state index contributed by atoms with van der Waals surface area (Å²) in [6, 6.07) is 0. The molecule has 2 saturated carbocycles. The third kappa shape index (κ3) is 5.22. The molecule has 1 N–H and O–H groups in total. The molecule has 2 aromatic rings. The molecule has 0 saturated heterocycles. The number of carbonyl (C=O) groups excluding carboxylic acids is 1. The fourth-order valence-corrected chi connectivity index (χ4v) is 5.74. The van der Waals surface area contributed by atoms with Crippen LogP contribution in [0.15, 0.2) is 9.90 Å². The van der Waals surface area contributed by atoms with Crippen molar-refractivity contribution in [3.8, 4) is 0 Å². The Bertz CT molecular complexity index is 956. The SMILES string of the molecule is CCOC(=O)c1csc(CC(CC(=O)O)c2noc(C3CC(CC(C)C)C3)c2C2CC2)n1. The van der Waals surface area contributed by atoms with Gasteiger partial charge >= 0.3 is 11.9 Å². The van der Waals surface area contributed by atoms with Crippen molar-refractivity contribution in [2.75, 3.05) is 6.61 Å². The Balaban J connectivity index is 1.54. The molecular weight excluding hydrogens is 428 g/mol. The molecule has 8 heteroatoms. The first-order valence-electron chi connectivity index (χ1n) is 11.7. The van der Waals surface area contributed by atoms with Gasteiger partial charge in [0.2, 0.25) is 0 Å². The molecule has 2 fully saturated rings. The number of esters is 1. The maximum absolute atomic E-state index is 12.0. The fraction of sp³-hybridized carbons (Fsp3) is 0.667. The Labute approximate surface area is 192 Å². The van der Waals surface area contributed by atoms with Crippen molar-refractivity contribution < 1.29 is 24.0 Å². The lowest BCUT2D eigenvalue weighted by Gasteiger charge is -2.35. The highest BCUT2D eigenvalue weighted by Crippen LogP contribution is 2.52. The molecule has 2 aromatic heterocycles. The van der Waals surface area contributed by atoms with E-state index in [1.807, 2.05) is 0 Å². The summed E-state index contributed by atoms with van der Waals surface area (Å²) in [6.07, 6.45) is 6.09. The fourth-order valence-electron chi connectivity index (χ4n) is 4.89. The zero-order valence-electron chi connectivity index (χ0n) is 19.0. The van der Waals surface area contributed by atoms with Gasteiger partial charge in [0, 0.05) is 29.2 Å². The Morgan fingerprint density at radius 3 is 2.66 bits per heavy atom. The van der Waals surface area contributed by atoms with Crippen LogP contribution in [0, 0.1) is 11.8 Å².